The van der Waals surface area contributed by atoms with Gasteiger partial charge >= 0.3 is 6.18 Å². The molecule has 9 heteroatoms. The monoisotopic (exact) mass is 408 g/mol. The van der Waals surface area contributed by atoms with E-state index in [2.05, 4.69) is 15.3 Å². The smallest absolute Gasteiger partial charge is 0.417 e. The first-order valence-corrected chi connectivity index (χ1v) is 9.51. The zero-order valence-corrected chi connectivity index (χ0v) is 16.1. The van der Waals surface area contributed by atoms with Gasteiger partial charge in [-0.1, -0.05) is 6.07 Å². The van der Waals surface area contributed by atoms with Crippen LogP contribution in [0, 0.1) is 5.92 Å². The fourth-order valence-electron chi connectivity index (χ4n) is 3.26. The molecule has 2 aromatic heterocycles. The molecule has 3 heterocycles. The van der Waals surface area contributed by atoms with Crippen LogP contribution in [0.1, 0.15) is 30.9 Å². The standard InChI is InChI=1S/C20H23F3N4O2/c1-2-29-19-15(4-3-9-24-19)12-26-18(28)14-7-10-27(11-8-14)17-6-5-16(13-25-17)20(21,22)23/h3-6,9,13-14H,2,7-8,10-12H2,1H3,(H,26,28). The van der Waals surface area contributed by atoms with Crippen LogP contribution >= 0.6 is 0 Å². The number of nitrogens with zero attached hydrogens (tertiary/aromatic N) is 3. The molecular formula is C20H23F3N4O2. The molecule has 1 aliphatic rings. The lowest BCUT2D eigenvalue weighted by Crippen LogP contribution is -2.40. The molecule has 1 fully saturated rings. The van der Waals surface area contributed by atoms with Crippen LogP contribution in [0.5, 0.6) is 5.88 Å². The van der Waals surface area contributed by atoms with Gasteiger partial charge in [-0.05, 0) is 38.0 Å². The Morgan fingerprint density at radius 1 is 1.24 bits per heavy atom. The Hall–Kier alpha value is -2.84. The summed E-state index contributed by atoms with van der Waals surface area (Å²) in [6.07, 6.45) is -0.688. The molecule has 1 amide bonds. The van der Waals surface area contributed by atoms with E-state index in [1.54, 1.807) is 12.3 Å². The summed E-state index contributed by atoms with van der Waals surface area (Å²) >= 11 is 0. The van der Waals surface area contributed by atoms with Gasteiger partial charge in [-0.15, -0.1) is 0 Å². The van der Waals surface area contributed by atoms with E-state index in [1.807, 2.05) is 17.9 Å². The number of halogens is 3. The minimum Gasteiger partial charge on any atom is -0.478 e. The van der Waals surface area contributed by atoms with Gasteiger partial charge in [-0.3, -0.25) is 4.79 Å². The highest BCUT2D eigenvalue weighted by atomic mass is 19.4. The Kier molecular flexibility index (Phi) is 6.56. The van der Waals surface area contributed by atoms with Crippen molar-refractivity contribution in [2.24, 2.45) is 5.92 Å². The number of carbonyl (C=O) groups excluding carboxylic acids is 1. The number of nitrogens with one attached hydrogen (secondary N) is 1. The molecule has 2 aromatic rings. The van der Waals surface area contributed by atoms with Gasteiger partial charge in [0.25, 0.3) is 0 Å². The predicted molar refractivity (Wildman–Crippen MR) is 101 cm³/mol. The van der Waals surface area contributed by atoms with Crippen LogP contribution in [0.25, 0.3) is 0 Å². The molecule has 0 unspecified atom stereocenters. The van der Waals surface area contributed by atoms with E-state index in [-0.39, 0.29) is 11.8 Å². The van der Waals surface area contributed by atoms with Crippen molar-refractivity contribution < 1.29 is 22.7 Å². The van der Waals surface area contributed by atoms with Gasteiger partial charge in [0, 0.05) is 43.5 Å². The lowest BCUT2D eigenvalue weighted by Gasteiger charge is -2.32. The molecule has 1 aliphatic heterocycles. The first-order chi connectivity index (χ1) is 13.9. The number of pyridine rings is 2. The summed E-state index contributed by atoms with van der Waals surface area (Å²) in [6, 6.07) is 6.06. The van der Waals surface area contributed by atoms with E-state index in [4.69, 9.17) is 4.74 Å². The number of ether oxygens (including phenoxy) is 1. The van der Waals surface area contributed by atoms with E-state index in [1.165, 1.54) is 6.07 Å². The lowest BCUT2D eigenvalue weighted by atomic mass is 9.96. The van der Waals surface area contributed by atoms with Crippen molar-refractivity contribution in [3.63, 3.8) is 0 Å². The maximum absolute atomic E-state index is 12.7. The molecule has 0 saturated carbocycles. The van der Waals surface area contributed by atoms with Crippen LogP contribution in [0.2, 0.25) is 0 Å². The highest BCUT2D eigenvalue weighted by molar-refractivity contribution is 5.79. The lowest BCUT2D eigenvalue weighted by molar-refractivity contribution is -0.137. The molecule has 29 heavy (non-hydrogen) atoms. The number of hydrogen-bond acceptors (Lipinski definition) is 5. The van der Waals surface area contributed by atoms with Gasteiger partial charge in [0.2, 0.25) is 11.8 Å². The van der Waals surface area contributed by atoms with E-state index < -0.39 is 11.7 Å². The van der Waals surface area contributed by atoms with Gasteiger partial charge in [0.1, 0.15) is 5.82 Å². The molecule has 1 saturated heterocycles. The summed E-state index contributed by atoms with van der Waals surface area (Å²) in [5, 5.41) is 2.93. The summed E-state index contributed by atoms with van der Waals surface area (Å²) in [4.78, 5) is 22.5. The van der Waals surface area contributed by atoms with Crippen molar-refractivity contribution in [1.82, 2.24) is 15.3 Å². The first-order valence-electron chi connectivity index (χ1n) is 9.51. The van der Waals surface area contributed by atoms with Gasteiger partial charge < -0.3 is 15.0 Å². The molecule has 3 rings (SSSR count). The molecule has 0 aliphatic carbocycles. The van der Waals surface area contributed by atoms with Crippen molar-refractivity contribution in [3.05, 3.63) is 47.8 Å². The quantitative estimate of drug-likeness (QED) is 0.793. The summed E-state index contributed by atoms with van der Waals surface area (Å²) in [5.41, 5.74) is 0.0476. The summed E-state index contributed by atoms with van der Waals surface area (Å²) < 4.78 is 43.4. The second kappa shape index (κ2) is 9.11. The Labute approximate surface area is 167 Å². The van der Waals surface area contributed by atoms with Gasteiger partial charge in [-0.2, -0.15) is 13.2 Å². The molecule has 0 bridgehead atoms. The van der Waals surface area contributed by atoms with Crippen LogP contribution in [0.15, 0.2) is 36.7 Å². The number of carbonyl (C=O) groups is 1. The Morgan fingerprint density at radius 3 is 2.62 bits per heavy atom. The van der Waals surface area contributed by atoms with Gasteiger partial charge in [-0.25, -0.2) is 9.97 Å². The maximum atomic E-state index is 12.7. The zero-order chi connectivity index (χ0) is 20.9. The van der Waals surface area contributed by atoms with E-state index in [0.29, 0.717) is 50.8 Å². The summed E-state index contributed by atoms with van der Waals surface area (Å²) in [7, 11) is 0. The second-order valence-corrected chi connectivity index (χ2v) is 6.78. The number of rotatable bonds is 6. The molecular weight excluding hydrogens is 385 g/mol. The third-order valence-corrected chi connectivity index (χ3v) is 4.85. The molecule has 0 aromatic carbocycles. The van der Waals surface area contributed by atoms with Crippen molar-refractivity contribution in [1.29, 1.82) is 0 Å². The third kappa shape index (κ3) is 5.36. The highest BCUT2D eigenvalue weighted by Crippen LogP contribution is 2.30. The van der Waals surface area contributed by atoms with Crippen molar-refractivity contribution in [2.75, 3.05) is 24.6 Å². The van der Waals surface area contributed by atoms with E-state index in [0.717, 1.165) is 17.8 Å². The fourth-order valence-corrected chi connectivity index (χ4v) is 3.26. The Balaban J connectivity index is 1.51. The molecule has 6 nitrogen and oxygen atoms in total. The van der Waals surface area contributed by atoms with Gasteiger partial charge in [0.05, 0.1) is 12.2 Å². The number of hydrogen-bond donors (Lipinski definition) is 1. The predicted octanol–water partition coefficient (Wildman–Crippen LogP) is 3.43. The molecule has 0 atom stereocenters. The maximum Gasteiger partial charge on any atom is 0.417 e. The van der Waals surface area contributed by atoms with Crippen LogP contribution in [-0.4, -0.2) is 35.6 Å². The summed E-state index contributed by atoms with van der Waals surface area (Å²) in [5.74, 6) is 0.816. The average molecular weight is 408 g/mol. The van der Waals surface area contributed by atoms with Crippen LogP contribution < -0.4 is 15.0 Å². The van der Waals surface area contributed by atoms with Gasteiger partial charge in [0.15, 0.2) is 0 Å². The molecule has 156 valence electrons. The molecule has 0 radical (unpaired) electrons. The van der Waals surface area contributed by atoms with Crippen LogP contribution in [-0.2, 0) is 17.5 Å². The van der Waals surface area contributed by atoms with E-state index in [9.17, 15) is 18.0 Å². The average Bonchev–Trinajstić information content (AvgIpc) is 2.73. The van der Waals surface area contributed by atoms with Crippen molar-refractivity contribution in [2.45, 2.75) is 32.5 Å². The van der Waals surface area contributed by atoms with Crippen molar-refractivity contribution in [3.8, 4) is 5.88 Å². The third-order valence-electron chi connectivity index (χ3n) is 4.85. The summed E-state index contributed by atoms with van der Waals surface area (Å²) in [6.45, 7) is 3.83. The molecule has 0 spiro atoms. The normalized spacial score (nSPS) is 15.2. The second-order valence-electron chi connectivity index (χ2n) is 6.78. The zero-order valence-electron chi connectivity index (χ0n) is 16.1. The number of anilines is 1. The molecule has 1 N–H and O–H groups in total. The number of amides is 1. The number of alkyl halides is 3. The van der Waals surface area contributed by atoms with Crippen LogP contribution in [0.3, 0.4) is 0 Å². The number of aromatic nitrogens is 2. The highest BCUT2D eigenvalue weighted by Gasteiger charge is 2.31. The Morgan fingerprint density at radius 2 is 2.00 bits per heavy atom. The minimum atomic E-state index is -4.40. The largest absolute Gasteiger partial charge is 0.478 e. The topological polar surface area (TPSA) is 67.3 Å². The number of piperidine rings is 1. The van der Waals surface area contributed by atoms with Crippen molar-refractivity contribution >= 4 is 11.7 Å². The first kappa shape index (κ1) is 20.9. The Bertz CT molecular complexity index is 819. The SMILES string of the molecule is CCOc1ncccc1CNC(=O)C1CCN(c2ccc(C(F)(F)F)cn2)CC1. The van der Waals surface area contributed by atoms with Crippen LogP contribution in [0.4, 0.5) is 19.0 Å². The fraction of sp³-hybridized carbons (Fsp3) is 0.450. The van der Waals surface area contributed by atoms with E-state index >= 15 is 0 Å². The minimum absolute atomic E-state index is 0.0451.